The number of aromatic nitrogens is 1. The van der Waals surface area contributed by atoms with Crippen LogP contribution in [0.1, 0.15) is 21.5 Å². The highest BCUT2D eigenvalue weighted by atomic mass is 19.1. The van der Waals surface area contributed by atoms with E-state index in [9.17, 15) is 13.6 Å². The quantitative estimate of drug-likeness (QED) is 0.364. The van der Waals surface area contributed by atoms with Crippen LogP contribution in [0.15, 0.2) is 79.0 Å². The first-order valence-electron chi connectivity index (χ1n) is 10.5. The number of halogens is 2. The second kappa shape index (κ2) is 10.1. The van der Waals surface area contributed by atoms with E-state index in [1.165, 1.54) is 12.1 Å². The summed E-state index contributed by atoms with van der Waals surface area (Å²) in [6, 6.07) is 19.3. The predicted octanol–water partition coefficient (Wildman–Crippen LogP) is 6.07. The second-order valence-electron chi connectivity index (χ2n) is 7.57. The van der Waals surface area contributed by atoms with Crippen LogP contribution in [0.2, 0.25) is 0 Å². The van der Waals surface area contributed by atoms with Gasteiger partial charge in [-0.25, -0.2) is 8.78 Å². The van der Waals surface area contributed by atoms with E-state index < -0.39 is 11.6 Å². The number of amides is 1. The lowest BCUT2D eigenvalue weighted by molar-refractivity contribution is 0.0950. The van der Waals surface area contributed by atoms with Crippen molar-refractivity contribution in [3.63, 3.8) is 0 Å². The smallest absolute Gasteiger partial charge is 0.251 e. The van der Waals surface area contributed by atoms with Crippen molar-refractivity contribution in [3.05, 3.63) is 107 Å². The normalized spacial score (nSPS) is 10.6. The number of benzene rings is 3. The molecule has 0 unspecified atom stereocenters. The Bertz CT molecular complexity index is 1320. The molecule has 0 radical (unpaired) electrons. The van der Waals surface area contributed by atoms with E-state index in [2.05, 4.69) is 10.3 Å². The molecular formula is C27H22F2N2O3. The third-order valence-electron chi connectivity index (χ3n) is 5.25. The van der Waals surface area contributed by atoms with Crippen LogP contribution in [0.4, 0.5) is 8.78 Å². The van der Waals surface area contributed by atoms with E-state index in [4.69, 9.17) is 9.47 Å². The average Bonchev–Trinajstić information content (AvgIpc) is 2.83. The van der Waals surface area contributed by atoms with E-state index >= 15 is 0 Å². The van der Waals surface area contributed by atoms with Crippen molar-refractivity contribution in [1.82, 2.24) is 10.3 Å². The molecule has 0 bridgehead atoms. The molecule has 4 rings (SSSR count). The number of nitrogens with one attached hydrogen (secondary N) is 1. The fourth-order valence-corrected chi connectivity index (χ4v) is 3.57. The molecule has 3 aromatic carbocycles. The van der Waals surface area contributed by atoms with Crippen LogP contribution in [-0.2, 0) is 6.54 Å². The maximum Gasteiger partial charge on any atom is 0.251 e. The Labute approximate surface area is 196 Å². The molecule has 172 valence electrons. The molecule has 0 aliphatic rings. The van der Waals surface area contributed by atoms with Gasteiger partial charge in [0.1, 0.15) is 28.9 Å². The van der Waals surface area contributed by atoms with Crippen molar-refractivity contribution in [2.24, 2.45) is 0 Å². The van der Waals surface area contributed by atoms with Gasteiger partial charge in [0.2, 0.25) is 0 Å². The Morgan fingerprint density at radius 3 is 2.44 bits per heavy atom. The van der Waals surface area contributed by atoms with Crippen LogP contribution >= 0.6 is 0 Å². The van der Waals surface area contributed by atoms with E-state index in [1.54, 1.807) is 50.6 Å². The summed E-state index contributed by atoms with van der Waals surface area (Å²) in [6.45, 7) is 1.76. The van der Waals surface area contributed by atoms with Gasteiger partial charge in [-0.15, -0.1) is 0 Å². The van der Waals surface area contributed by atoms with Gasteiger partial charge < -0.3 is 14.8 Å². The summed E-state index contributed by atoms with van der Waals surface area (Å²) < 4.78 is 38.3. The lowest BCUT2D eigenvalue weighted by Gasteiger charge is -2.14. The van der Waals surface area contributed by atoms with Crippen molar-refractivity contribution in [2.75, 3.05) is 7.11 Å². The molecule has 0 aliphatic carbocycles. The van der Waals surface area contributed by atoms with Gasteiger partial charge >= 0.3 is 0 Å². The number of para-hydroxylation sites is 1. The zero-order valence-corrected chi connectivity index (χ0v) is 18.6. The zero-order valence-electron chi connectivity index (χ0n) is 18.6. The number of ether oxygens (including phenoxy) is 2. The molecule has 34 heavy (non-hydrogen) atoms. The molecule has 0 fully saturated rings. The van der Waals surface area contributed by atoms with Crippen molar-refractivity contribution >= 4 is 5.91 Å². The van der Waals surface area contributed by atoms with Crippen LogP contribution in [0, 0.1) is 18.6 Å². The summed E-state index contributed by atoms with van der Waals surface area (Å²) in [5.41, 5.74) is 2.86. The first-order chi connectivity index (χ1) is 16.4. The third kappa shape index (κ3) is 5.20. The number of nitrogens with zero attached hydrogens (tertiary/aromatic N) is 1. The number of pyridine rings is 1. The van der Waals surface area contributed by atoms with E-state index in [0.717, 1.165) is 11.6 Å². The molecule has 5 nitrogen and oxygen atoms in total. The van der Waals surface area contributed by atoms with Gasteiger partial charge in [0.15, 0.2) is 0 Å². The first-order valence-corrected chi connectivity index (χ1v) is 10.5. The Balaban J connectivity index is 1.53. The SMILES string of the molecule is COc1ccccc1-c1cc(Oc2cccc(C(=O)NCc3cc(F)cc(F)c3)c2C)ccn1. The van der Waals surface area contributed by atoms with E-state index in [0.29, 0.717) is 39.6 Å². The largest absolute Gasteiger partial charge is 0.496 e. The van der Waals surface area contributed by atoms with Crippen molar-refractivity contribution in [3.8, 4) is 28.5 Å². The topological polar surface area (TPSA) is 60.5 Å². The fourth-order valence-electron chi connectivity index (χ4n) is 3.57. The minimum atomic E-state index is -0.694. The van der Waals surface area contributed by atoms with Crippen LogP contribution in [0.25, 0.3) is 11.3 Å². The van der Waals surface area contributed by atoms with Gasteiger partial charge in [0.05, 0.1) is 12.8 Å². The van der Waals surface area contributed by atoms with Gasteiger partial charge in [-0.05, 0) is 55.0 Å². The van der Waals surface area contributed by atoms with Crippen molar-refractivity contribution in [2.45, 2.75) is 13.5 Å². The Hall–Kier alpha value is -4.26. The first kappa shape index (κ1) is 22.9. The summed E-state index contributed by atoms with van der Waals surface area (Å²) in [4.78, 5) is 17.2. The lowest BCUT2D eigenvalue weighted by atomic mass is 10.1. The molecular weight excluding hydrogens is 438 g/mol. The molecule has 1 amide bonds. The number of hydrogen-bond donors (Lipinski definition) is 1. The predicted molar refractivity (Wildman–Crippen MR) is 125 cm³/mol. The molecule has 4 aromatic rings. The molecule has 0 atom stereocenters. The minimum Gasteiger partial charge on any atom is -0.496 e. The van der Waals surface area contributed by atoms with Gasteiger partial charge in [0, 0.05) is 41.6 Å². The van der Waals surface area contributed by atoms with Gasteiger partial charge in [0.25, 0.3) is 5.91 Å². The van der Waals surface area contributed by atoms with Crippen LogP contribution in [0.5, 0.6) is 17.2 Å². The Kier molecular flexibility index (Phi) is 6.82. The summed E-state index contributed by atoms with van der Waals surface area (Å²) in [7, 11) is 1.60. The highest BCUT2D eigenvalue weighted by Crippen LogP contribution is 2.32. The molecule has 1 heterocycles. The highest BCUT2D eigenvalue weighted by Gasteiger charge is 2.14. The van der Waals surface area contributed by atoms with E-state index in [-0.39, 0.29) is 12.5 Å². The highest BCUT2D eigenvalue weighted by molar-refractivity contribution is 5.96. The standard InChI is InChI=1S/C27H22F2N2O3/c1-17-22(27(32)31-16-18-12-19(28)14-20(29)13-18)7-5-9-25(17)34-21-10-11-30-24(15-21)23-6-3-4-8-26(23)33-2/h3-15H,16H2,1-2H3,(H,31,32). The molecule has 0 spiro atoms. The number of methoxy groups -OCH3 is 1. The lowest BCUT2D eigenvalue weighted by Crippen LogP contribution is -2.23. The average molecular weight is 460 g/mol. The van der Waals surface area contributed by atoms with E-state index in [1.807, 2.05) is 24.3 Å². The fraction of sp³-hybridized carbons (Fsp3) is 0.111. The summed E-state index contributed by atoms with van der Waals surface area (Å²) in [5.74, 6) is -0.0213. The van der Waals surface area contributed by atoms with Gasteiger partial charge in [-0.3, -0.25) is 9.78 Å². The van der Waals surface area contributed by atoms with Crippen LogP contribution < -0.4 is 14.8 Å². The summed E-state index contributed by atoms with van der Waals surface area (Å²) in [6.07, 6.45) is 1.64. The second-order valence-corrected chi connectivity index (χ2v) is 7.57. The number of carbonyl (C=O) groups is 1. The third-order valence-corrected chi connectivity index (χ3v) is 5.25. The van der Waals surface area contributed by atoms with Crippen molar-refractivity contribution < 1.29 is 23.0 Å². The Morgan fingerprint density at radius 1 is 0.941 bits per heavy atom. The molecule has 0 saturated carbocycles. The zero-order chi connectivity index (χ0) is 24.1. The maximum absolute atomic E-state index is 13.4. The number of hydrogen-bond acceptors (Lipinski definition) is 4. The van der Waals surface area contributed by atoms with Crippen LogP contribution in [0.3, 0.4) is 0 Å². The van der Waals surface area contributed by atoms with Crippen molar-refractivity contribution in [1.29, 1.82) is 0 Å². The number of rotatable bonds is 7. The summed E-state index contributed by atoms with van der Waals surface area (Å²) in [5, 5.41) is 2.69. The Morgan fingerprint density at radius 2 is 1.68 bits per heavy atom. The molecule has 1 aromatic heterocycles. The molecule has 1 N–H and O–H groups in total. The molecule has 0 aliphatic heterocycles. The molecule has 7 heteroatoms. The number of carbonyl (C=O) groups excluding carboxylic acids is 1. The minimum absolute atomic E-state index is 0.00926. The monoisotopic (exact) mass is 460 g/mol. The molecule has 0 saturated heterocycles. The maximum atomic E-state index is 13.4. The van der Waals surface area contributed by atoms with Gasteiger partial charge in [-0.2, -0.15) is 0 Å². The van der Waals surface area contributed by atoms with Gasteiger partial charge in [-0.1, -0.05) is 18.2 Å². The van der Waals surface area contributed by atoms with Crippen LogP contribution in [-0.4, -0.2) is 18.0 Å². The summed E-state index contributed by atoms with van der Waals surface area (Å²) >= 11 is 0.